The molecule has 0 aromatic heterocycles. The molecule has 2 rings (SSSR count). The lowest BCUT2D eigenvalue weighted by Crippen LogP contribution is -2.44. The smallest absolute Gasteiger partial charge is 0.0923 e. The van der Waals surface area contributed by atoms with Crippen LogP contribution in [0, 0.1) is 26.7 Å². The molecular formula is C18H29NO. The predicted octanol–water partition coefficient (Wildman–Crippen LogP) is 3.55. The predicted molar refractivity (Wildman–Crippen MR) is 85.1 cm³/mol. The fourth-order valence-electron chi connectivity index (χ4n) is 3.35. The summed E-state index contributed by atoms with van der Waals surface area (Å²) in [5.41, 5.74) is 4.34. The number of nitrogens with zero attached hydrogens (tertiary/aromatic N) is 1. The SMILES string of the molecule is Cc1cc(C)c(C2(O)CCN(CC(C)C)CC2)cc1C. The van der Waals surface area contributed by atoms with E-state index in [1.54, 1.807) is 0 Å². The standard InChI is InChI=1S/C18H29NO/c1-13(2)12-19-8-6-18(20,7-9-19)17-11-15(4)14(3)10-16(17)5/h10-11,13,20H,6-9,12H2,1-5H3. The average molecular weight is 275 g/mol. The molecule has 0 radical (unpaired) electrons. The first kappa shape index (κ1) is 15.5. The first-order valence-electron chi connectivity index (χ1n) is 7.85. The van der Waals surface area contributed by atoms with Crippen LogP contribution in [-0.2, 0) is 5.60 Å². The zero-order chi connectivity index (χ0) is 14.9. The number of rotatable bonds is 3. The van der Waals surface area contributed by atoms with Gasteiger partial charge >= 0.3 is 0 Å². The van der Waals surface area contributed by atoms with E-state index in [0.717, 1.165) is 38.0 Å². The molecule has 0 unspecified atom stereocenters. The summed E-state index contributed by atoms with van der Waals surface area (Å²) in [6, 6.07) is 4.41. The van der Waals surface area contributed by atoms with Crippen molar-refractivity contribution in [2.75, 3.05) is 19.6 Å². The highest BCUT2D eigenvalue weighted by Crippen LogP contribution is 2.36. The number of aryl methyl sites for hydroxylation is 3. The van der Waals surface area contributed by atoms with Crippen molar-refractivity contribution in [3.63, 3.8) is 0 Å². The van der Waals surface area contributed by atoms with Crippen LogP contribution in [0.4, 0.5) is 0 Å². The second kappa shape index (κ2) is 5.87. The maximum absolute atomic E-state index is 11.1. The highest BCUT2D eigenvalue weighted by Gasteiger charge is 2.35. The number of likely N-dealkylation sites (tertiary alicyclic amines) is 1. The molecule has 20 heavy (non-hydrogen) atoms. The lowest BCUT2D eigenvalue weighted by atomic mass is 9.80. The van der Waals surface area contributed by atoms with Gasteiger partial charge in [-0.25, -0.2) is 0 Å². The molecule has 1 aliphatic rings. The Morgan fingerprint density at radius 2 is 1.60 bits per heavy atom. The van der Waals surface area contributed by atoms with Crippen LogP contribution in [0.15, 0.2) is 12.1 Å². The van der Waals surface area contributed by atoms with Gasteiger partial charge in [-0.2, -0.15) is 0 Å². The molecule has 1 fully saturated rings. The van der Waals surface area contributed by atoms with Crippen molar-refractivity contribution in [1.82, 2.24) is 4.90 Å². The molecule has 1 aromatic carbocycles. The third-order valence-electron chi connectivity index (χ3n) is 4.65. The summed E-state index contributed by atoms with van der Waals surface area (Å²) in [5, 5.41) is 11.1. The Labute approximate surface area is 123 Å². The van der Waals surface area contributed by atoms with Crippen molar-refractivity contribution in [2.24, 2.45) is 5.92 Å². The average Bonchev–Trinajstić information content (AvgIpc) is 2.36. The molecule has 0 bridgehead atoms. The Morgan fingerprint density at radius 3 is 2.15 bits per heavy atom. The van der Waals surface area contributed by atoms with Gasteiger partial charge in [-0.1, -0.05) is 26.0 Å². The van der Waals surface area contributed by atoms with Crippen molar-refractivity contribution in [1.29, 1.82) is 0 Å². The van der Waals surface area contributed by atoms with Crippen molar-refractivity contribution >= 4 is 0 Å². The van der Waals surface area contributed by atoms with Crippen LogP contribution in [0.1, 0.15) is 48.9 Å². The molecule has 1 N–H and O–H groups in total. The summed E-state index contributed by atoms with van der Waals surface area (Å²) in [4.78, 5) is 2.48. The normalized spacial score (nSPS) is 19.6. The van der Waals surface area contributed by atoms with Gasteiger partial charge in [0.25, 0.3) is 0 Å². The fraction of sp³-hybridized carbons (Fsp3) is 0.667. The quantitative estimate of drug-likeness (QED) is 0.912. The monoisotopic (exact) mass is 275 g/mol. The number of piperidine rings is 1. The lowest BCUT2D eigenvalue weighted by Gasteiger charge is -2.40. The van der Waals surface area contributed by atoms with Crippen molar-refractivity contribution in [3.8, 4) is 0 Å². The summed E-state index contributed by atoms with van der Waals surface area (Å²) in [6.07, 6.45) is 1.70. The van der Waals surface area contributed by atoms with E-state index < -0.39 is 5.60 Å². The van der Waals surface area contributed by atoms with E-state index in [-0.39, 0.29) is 0 Å². The molecule has 112 valence electrons. The van der Waals surface area contributed by atoms with E-state index in [0.29, 0.717) is 5.92 Å². The largest absolute Gasteiger partial charge is 0.385 e. The minimum absolute atomic E-state index is 0.629. The van der Waals surface area contributed by atoms with Gasteiger partial charge in [0.1, 0.15) is 0 Å². The molecule has 0 saturated carbocycles. The van der Waals surface area contributed by atoms with Crippen LogP contribution in [0.2, 0.25) is 0 Å². The molecule has 2 heteroatoms. The maximum Gasteiger partial charge on any atom is 0.0923 e. The van der Waals surface area contributed by atoms with E-state index in [4.69, 9.17) is 0 Å². The summed E-state index contributed by atoms with van der Waals surface area (Å²) in [7, 11) is 0. The first-order valence-corrected chi connectivity index (χ1v) is 7.85. The molecule has 0 amide bonds. The Balaban J connectivity index is 2.15. The third kappa shape index (κ3) is 3.24. The van der Waals surface area contributed by atoms with Gasteiger partial charge in [-0.3, -0.25) is 0 Å². The molecule has 0 spiro atoms. The van der Waals surface area contributed by atoms with Crippen LogP contribution >= 0.6 is 0 Å². The lowest BCUT2D eigenvalue weighted by molar-refractivity contribution is -0.0284. The number of benzene rings is 1. The highest BCUT2D eigenvalue weighted by atomic mass is 16.3. The Kier molecular flexibility index (Phi) is 4.55. The van der Waals surface area contributed by atoms with Gasteiger partial charge in [-0.15, -0.1) is 0 Å². The van der Waals surface area contributed by atoms with E-state index in [1.165, 1.54) is 16.7 Å². The molecule has 2 nitrogen and oxygen atoms in total. The van der Waals surface area contributed by atoms with Crippen LogP contribution < -0.4 is 0 Å². The van der Waals surface area contributed by atoms with Gasteiger partial charge in [-0.05, 0) is 61.8 Å². The summed E-state index contributed by atoms with van der Waals surface area (Å²) < 4.78 is 0. The fourth-order valence-corrected chi connectivity index (χ4v) is 3.35. The second-order valence-electron chi connectivity index (χ2n) is 6.98. The molecule has 1 saturated heterocycles. The summed E-state index contributed by atoms with van der Waals surface area (Å²) in [6.45, 7) is 14.1. The molecule has 1 aliphatic heterocycles. The maximum atomic E-state index is 11.1. The molecular weight excluding hydrogens is 246 g/mol. The third-order valence-corrected chi connectivity index (χ3v) is 4.65. The zero-order valence-electron chi connectivity index (χ0n) is 13.7. The van der Waals surface area contributed by atoms with Gasteiger partial charge < -0.3 is 10.0 Å². The number of hydrogen-bond acceptors (Lipinski definition) is 2. The minimum Gasteiger partial charge on any atom is -0.385 e. The Morgan fingerprint density at radius 1 is 1.05 bits per heavy atom. The molecule has 0 atom stereocenters. The van der Waals surface area contributed by atoms with Crippen LogP contribution in [0.25, 0.3) is 0 Å². The molecule has 0 aliphatic carbocycles. The van der Waals surface area contributed by atoms with Crippen LogP contribution in [-0.4, -0.2) is 29.6 Å². The van der Waals surface area contributed by atoms with E-state index in [1.807, 2.05) is 0 Å². The Bertz CT molecular complexity index is 471. The topological polar surface area (TPSA) is 23.5 Å². The van der Waals surface area contributed by atoms with Gasteiger partial charge in [0.15, 0.2) is 0 Å². The van der Waals surface area contributed by atoms with E-state index >= 15 is 0 Å². The van der Waals surface area contributed by atoms with Crippen LogP contribution in [0.5, 0.6) is 0 Å². The summed E-state index contributed by atoms with van der Waals surface area (Å²) >= 11 is 0. The van der Waals surface area contributed by atoms with Crippen molar-refractivity contribution in [2.45, 2.75) is 53.1 Å². The number of hydrogen-bond donors (Lipinski definition) is 1. The van der Waals surface area contributed by atoms with E-state index in [9.17, 15) is 5.11 Å². The first-order chi connectivity index (χ1) is 9.32. The van der Waals surface area contributed by atoms with Crippen molar-refractivity contribution in [3.05, 3.63) is 34.4 Å². The van der Waals surface area contributed by atoms with E-state index in [2.05, 4.69) is 51.7 Å². The van der Waals surface area contributed by atoms with Crippen LogP contribution in [0.3, 0.4) is 0 Å². The highest BCUT2D eigenvalue weighted by molar-refractivity contribution is 5.40. The van der Waals surface area contributed by atoms with Gasteiger partial charge in [0.2, 0.25) is 0 Å². The zero-order valence-corrected chi connectivity index (χ0v) is 13.7. The summed E-state index contributed by atoms with van der Waals surface area (Å²) in [5.74, 6) is 0.699. The van der Waals surface area contributed by atoms with Crippen molar-refractivity contribution < 1.29 is 5.11 Å². The molecule has 1 heterocycles. The second-order valence-corrected chi connectivity index (χ2v) is 6.98. The number of aliphatic hydroxyl groups is 1. The van der Waals surface area contributed by atoms with Gasteiger partial charge in [0.05, 0.1) is 5.60 Å². The Hall–Kier alpha value is -0.860. The minimum atomic E-state index is -0.629. The molecule has 1 aromatic rings. The van der Waals surface area contributed by atoms with Gasteiger partial charge in [0, 0.05) is 19.6 Å².